The number of thiazole rings is 1. The molecule has 0 saturated carbocycles. The summed E-state index contributed by atoms with van der Waals surface area (Å²) in [6.45, 7) is 5.84. The van der Waals surface area contributed by atoms with E-state index >= 15 is 0 Å². The van der Waals surface area contributed by atoms with Crippen molar-refractivity contribution in [2.45, 2.75) is 39.8 Å². The molecule has 0 aliphatic heterocycles. The van der Waals surface area contributed by atoms with E-state index in [9.17, 15) is 4.79 Å². The van der Waals surface area contributed by atoms with Crippen LogP contribution in [0.4, 0.5) is 5.69 Å². The van der Waals surface area contributed by atoms with E-state index in [2.05, 4.69) is 21.3 Å². The lowest BCUT2D eigenvalue weighted by Crippen LogP contribution is -2.24. The molecule has 0 saturated heterocycles. The molecule has 0 aliphatic rings. The van der Waals surface area contributed by atoms with Crippen molar-refractivity contribution in [3.05, 3.63) is 69.6 Å². The Balaban J connectivity index is 1.59. The predicted molar refractivity (Wildman–Crippen MR) is 113 cm³/mol. The van der Waals surface area contributed by atoms with Gasteiger partial charge in [-0.2, -0.15) is 5.26 Å². The molecule has 0 aliphatic carbocycles. The van der Waals surface area contributed by atoms with Crippen LogP contribution in [0.3, 0.4) is 0 Å². The van der Waals surface area contributed by atoms with Gasteiger partial charge in [0, 0.05) is 30.6 Å². The van der Waals surface area contributed by atoms with Gasteiger partial charge >= 0.3 is 0 Å². The van der Waals surface area contributed by atoms with E-state index in [1.807, 2.05) is 49.6 Å². The summed E-state index contributed by atoms with van der Waals surface area (Å²) < 4.78 is 5.42. The first kappa shape index (κ1) is 20.8. The number of nitrogens with zero attached hydrogens (tertiary/aromatic N) is 3. The summed E-state index contributed by atoms with van der Waals surface area (Å²) >= 11 is 1.48. The van der Waals surface area contributed by atoms with E-state index in [-0.39, 0.29) is 12.3 Å². The van der Waals surface area contributed by atoms with Gasteiger partial charge in [0.1, 0.15) is 10.8 Å². The van der Waals surface area contributed by atoms with Crippen molar-refractivity contribution < 1.29 is 9.21 Å². The third-order valence-corrected chi connectivity index (χ3v) is 5.36. The van der Waals surface area contributed by atoms with Gasteiger partial charge < -0.3 is 9.73 Å². The van der Waals surface area contributed by atoms with E-state index in [0.29, 0.717) is 26.1 Å². The lowest BCUT2D eigenvalue weighted by molar-refractivity contribution is -0.115. The lowest BCUT2D eigenvalue weighted by Gasteiger charge is -2.18. The summed E-state index contributed by atoms with van der Waals surface area (Å²) in [6.07, 6.45) is 2.33. The van der Waals surface area contributed by atoms with Gasteiger partial charge in [-0.3, -0.25) is 9.69 Å². The molecule has 3 rings (SSSR count). The lowest BCUT2D eigenvalue weighted by atomic mass is 10.1. The molecule has 0 bridgehead atoms. The Morgan fingerprint density at radius 1 is 1.31 bits per heavy atom. The Hall–Kier alpha value is -2.95. The minimum atomic E-state index is -0.0727. The van der Waals surface area contributed by atoms with Crippen LogP contribution in [0.15, 0.2) is 46.4 Å². The topological polar surface area (TPSA) is 82.2 Å². The fourth-order valence-electron chi connectivity index (χ4n) is 2.98. The molecular weight excluding hydrogens is 384 g/mol. The van der Waals surface area contributed by atoms with Crippen molar-refractivity contribution in [3.63, 3.8) is 0 Å². The van der Waals surface area contributed by atoms with Crippen molar-refractivity contribution in [3.8, 4) is 6.07 Å². The second-order valence-corrected chi connectivity index (χ2v) is 7.92. The molecule has 0 atom stereocenters. The van der Waals surface area contributed by atoms with Crippen molar-refractivity contribution in [2.75, 3.05) is 11.9 Å². The molecule has 2 aromatic heterocycles. The number of aryl methyl sites for hydroxylation is 2. The summed E-state index contributed by atoms with van der Waals surface area (Å²) in [4.78, 5) is 19.2. The zero-order chi connectivity index (χ0) is 20.6. The van der Waals surface area contributed by atoms with Crippen LogP contribution >= 0.6 is 11.3 Å². The smallest absolute Gasteiger partial charge is 0.231 e. The van der Waals surface area contributed by atoms with Gasteiger partial charge in [-0.15, -0.1) is 11.3 Å². The zero-order valence-corrected chi connectivity index (χ0v) is 17.5. The number of nitrogens with one attached hydrogen (secondary N) is 1. The van der Waals surface area contributed by atoms with Crippen LogP contribution in [0.1, 0.15) is 34.0 Å². The number of amides is 1. The zero-order valence-electron chi connectivity index (χ0n) is 16.6. The maximum Gasteiger partial charge on any atom is 0.231 e. The Labute approximate surface area is 174 Å². The Morgan fingerprint density at radius 2 is 2.17 bits per heavy atom. The van der Waals surface area contributed by atoms with E-state index in [0.717, 1.165) is 33.3 Å². The maximum atomic E-state index is 12.4. The van der Waals surface area contributed by atoms with Crippen LogP contribution in [-0.4, -0.2) is 22.3 Å². The van der Waals surface area contributed by atoms with Crippen molar-refractivity contribution in [1.29, 1.82) is 5.26 Å². The van der Waals surface area contributed by atoms with Gasteiger partial charge in [0.05, 0.1) is 31.0 Å². The SMILES string of the molecule is Cc1ccc(C)c(NC(=O)Cc2nc(CN(CCC#N)Cc3ccco3)cs2)c1. The summed E-state index contributed by atoms with van der Waals surface area (Å²) in [5, 5.41) is 14.6. The van der Waals surface area contributed by atoms with E-state index in [1.165, 1.54) is 11.3 Å². The minimum Gasteiger partial charge on any atom is -0.468 e. The Morgan fingerprint density at radius 3 is 2.93 bits per heavy atom. The van der Waals surface area contributed by atoms with Crippen LogP contribution in [0, 0.1) is 25.2 Å². The molecule has 1 amide bonds. The number of rotatable bonds is 9. The molecule has 29 heavy (non-hydrogen) atoms. The second kappa shape index (κ2) is 10.0. The van der Waals surface area contributed by atoms with E-state index in [1.54, 1.807) is 6.26 Å². The van der Waals surface area contributed by atoms with Crippen LogP contribution in [0.25, 0.3) is 0 Å². The summed E-state index contributed by atoms with van der Waals surface area (Å²) in [5.41, 5.74) is 3.88. The molecule has 1 N–H and O–H groups in total. The quantitative estimate of drug-likeness (QED) is 0.566. The molecule has 0 radical (unpaired) electrons. The summed E-state index contributed by atoms with van der Waals surface area (Å²) in [7, 11) is 0. The first-order valence-electron chi connectivity index (χ1n) is 9.45. The molecule has 150 valence electrons. The molecule has 1 aromatic carbocycles. The molecule has 6 nitrogen and oxygen atoms in total. The largest absolute Gasteiger partial charge is 0.468 e. The number of furan rings is 1. The third-order valence-electron chi connectivity index (χ3n) is 4.46. The second-order valence-electron chi connectivity index (χ2n) is 6.97. The number of hydrogen-bond donors (Lipinski definition) is 1. The van der Waals surface area contributed by atoms with Gasteiger partial charge in [0.15, 0.2) is 0 Å². The number of carbonyl (C=O) groups excluding carboxylic acids is 1. The Bertz CT molecular complexity index is 989. The van der Waals surface area contributed by atoms with Gasteiger partial charge in [-0.25, -0.2) is 4.98 Å². The standard InChI is InChI=1S/C22H24N4O2S/c1-16-6-7-17(2)20(11-16)25-21(27)12-22-24-18(15-29-22)13-26(9-4-8-23)14-19-5-3-10-28-19/h3,5-7,10-11,15H,4,9,12-14H2,1-2H3,(H,25,27). The van der Waals surface area contributed by atoms with Crippen molar-refractivity contribution >= 4 is 22.9 Å². The highest BCUT2D eigenvalue weighted by atomic mass is 32.1. The van der Waals surface area contributed by atoms with Crippen molar-refractivity contribution in [2.24, 2.45) is 0 Å². The fraction of sp³-hybridized carbons (Fsp3) is 0.318. The number of benzene rings is 1. The van der Waals surface area contributed by atoms with Gasteiger partial charge in [0.2, 0.25) is 5.91 Å². The molecular formula is C22H24N4O2S. The van der Waals surface area contributed by atoms with E-state index in [4.69, 9.17) is 9.68 Å². The fourth-order valence-corrected chi connectivity index (χ4v) is 3.76. The highest BCUT2D eigenvalue weighted by Crippen LogP contribution is 2.18. The van der Waals surface area contributed by atoms with Gasteiger partial charge in [0.25, 0.3) is 0 Å². The van der Waals surface area contributed by atoms with Crippen LogP contribution in [0.2, 0.25) is 0 Å². The molecule has 3 aromatic rings. The average Bonchev–Trinajstić information content (AvgIpc) is 3.35. The van der Waals surface area contributed by atoms with Crippen LogP contribution in [-0.2, 0) is 24.3 Å². The Kier molecular flexibility index (Phi) is 7.17. The summed E-state index contributed by atoms with van der Waals surface area (Å²) in [5.74, 6) is 0.780. The summed E-state index contributed by atoms with van der Waals surface area (Å²) in [6, 6.07) is 12.0. The molecule has 2 heterocycles. The van der Waals surface area contributed by atoms with Gasteiger partial charge in [-0.1, -0.05) is 12.1 Å². The predicted octanol–water partition coefficient (Wildman–Crippen LogP) is 4.45. The van der Waals surface area contributed by atoms with Crippen LogP contribution in [0.5, 0.6) is 0 Å². The highest BCUT2D eigenvalue weighted by Gasteiger charge is 2.13. The number of hydrogen-bond acceptors (Lipinski definition) is 6. The van der Waals surface area contributed by atoms with Crippen LogP contribution < -0.4 is 5.32 Å². The number of aromatic nitrogens is 1. The highest BCUT2D eigenvalue weighted by molar-refractivity contribution is 7.09. The first-order valence-corrected chi connectivity index (χ1v) is 10.3. The average molecular weight is 409 g/mol. The normalized spacial score (nSPS) is 10.8. The van der Waals surface area contributed by atoms with Crippen molar-refractivity contribution in [1.82, 2.24) is 9.88 Å². The molecule has 7 heteroatoms. The maximum absolute atomic E-state index is 12.4. The minimum absolute atomic E-state index is 0.0727. The molecule has 0 spiro atoms. The number of nitriles is 1. The first-order chi connectivity index (χ1) is 14.0. The third kappa shape index (κ3) is 6.28. The monoisotopic (exact) mass is 408 g/mol. The number of carbonyl (C=O) groups is 1. The van der Waals surface area contributed by atoms with Gasteiger partial charge in [-0.05, 0) is 43.2 Å². The van der Waals surface area contributed by atoms with E-state index < -0.39 is 0 Å². The number of anilines is 1. The molecule has 0 unspecified atom stereocenters. The molecule has 0 fully saturated rings.